The van der Waals surface area contributed by atoms with Crippen LogP contribution >= 0.6 is 0 Å². The van der Waals surface area contributed by atoms with Crippen LogP contribution in [0.3, 0.4) is 0 Å². The summed E-state index contributed by atoms with van der Waals surface area (Å²) >= 11 is 0. The molecule has 3 amide bonds. The van der Waals surface area contributed by atoms with E-state index >= 15 is 0 Å². The summed E-state index contributed by atoms with van der Waals surface area (Å²) in [5.41, 5.74) is 8.02. The Balaban J connectivity index is 2.73. The molecule has 1 aromatic heterocycles. The number of aromatic amines is 1. The van der Waals surface area contributed by atoms with E-state index in [-0.39, 0.29) is 5.69 Å². The van der Waals surface area contributed by atoms with E-state index in [9.17, 15) is 14.8 Å². The number of rotatable bonds is 2. The first-order chi connectivity index (χ1) is 7.02. The number of H-pyrrole nitrogens is 1. The highest BCUT2D eigenvalue weighted by atomic mass is 16.8. The van der Waals surface area contributed by atoms with Gasteiger partial charge in [-0.2, -0.15) is 0 Å². The molecule has 6 N–H and O–H groups in total. The van der Waals surface area contributed by atoms with Crippen molar-refractivity contribution in [3.63, 3.8) is 0 Å². The van der Waals surface area contributed by atoms with Gasteiger partial charge in [0.25, 0.3) is 5.91 Å². The molecule has 10 nitrogen and oxygen atoms in total. The van der Waals surface area contributed by atoms with Gasteiger partial charge in [0.1, 0.15) is 0 Å². The first kappa shape index (κ1) is 10.7. The molecule has 0 aliphatic carbocycles. The van der Waals surface area contributed by atoms with Gasteiger partial charge in [-0.25, -0.2) is 15.2 Å². The number of hydrogen-bond donors (Lipinski definition) is 5. The quantitative estimate of drug-likeness (QED) is 0.374. The normalized spacial score (nSPS) is 9.47. The highest BCUT2D eigenvalue weighted by molar-refractivity contribution is 5.97. The second-order valence-electron chi connectivity index (χ2n) is 2.32. The van der Waals surface area contributed by atoms with Gasteiger partial charge in [0.05, 0.1) is 6.33 Å². The molecule has 0 saturated carbocycles. The number of hydrogen-bond acceptors (Lipinski definition) is 6. The summed E-state index contributed by atoms with van der Waals surface area (Å²) in [6.07, 6.45) is 1.02. The number of aromatic nitrogens is 2. The number of nitrogens with one attached hydrogen (secondary N) is 3. The Hall–Kier alpha value is -2.33. The minimum atomic E-state index is -0.979. The maximum Gasteiger partial charge on any atom is 0.330 e. The summed E-state index contributed by atoms with van der Waals surface area (Å²) in [6.45, 7) is 0. The molecule has 1 rings (SSSR count). The number of urea groups is 1. The SMILES string of the molecule is NC(=O)NNC(=O)c1[nH]cnc1N([O-])O. The van der Waals surface area contributed by atoms with Gasteiger partial charge in [-0.1, -0.05) is 0 Å². The first-order valence-electron chi connectivity index (χ1n) is 3.57. The van der Waals surface area contributed by atoms with Crippen molar-refractivity contribution in [2.45, 2.75) is 0 Å². The zero-order valence-electron chi connectivity index (χ0n) is 7.22. The zero-order chi connectivity index (χ0) is 11.4. The molecule has 0 radical (unpaired) electrons. The molecule has 1 aromatic rings. The third-order valence-electron chi connectivity index (χ3n) is 1.33. The Kier molecular flexibility index (Phi) is 3.05. The summed E-state index contributed by atoms with van der Waals surface area (Å²) in [6, 6.07) is -0.979. The molecule has 0 aliphatic heterocycles. The highest BCUT2D eigenvalue weighted by Gasteiger charge is 2.14. The number of anilines is 1. The van der Waals surface area contributed by atoms with Crippen molar-refractivity contribution in [3.8, 4) is 0 Å². The predicted octanol–water partition coefficient (Wildman–Crippen LogP) is -1.58. The van der Waals surface area contributed by atoms with Crippen LogP contribution in [0.4, 0.5) is 10.6 Å². The van der Waals surface area contributed by atoms with Crippen LogP contribution in [-0.4, -0.2) is 27.1 Å². The second-order valence-corrected chi connectivity index (χ2v) is 2.32. The Bertz CT molecular complexity index is 373. The van der Waals surface area contributed by atoms with Gasteiger partial charge in [-0.15, -0.1) is 0 Å². The third-order valence-corrected chi connectivity index (χ3v) is 1.33. The molecule has 0 saturated heterocycles. The van der Waals surface area contributed by atoms with Gasteiger partial charge in [-0.05, 0) is 0 Å². The van der Waals surface area contributed by atoms with Gasteiger partial charge in [0, 0.05) is 0 Å². The lowest BCUT2D eigenvalue weighted by Gasteiger charge is -2.19. The van der Waals surface area contributed by atoms with Crippen LogP contribution in [0.2, 0.25) is 0 Å². The van der Waals surface area contributed by atoms with Crippen LogP contribution in [0.25, 0.3) is 0 Å². The van der Waals surface area contributed by atoms with E-state index in [1.54, 1.807) is 5.43 Å². The molecule has 0 aliphatic rings. The Morgan fingerprint density at radius 3 is 2.80 bits per heavy atom. The molecule has 10 heteroatoms. The van der Waals surface area contributed by atoms with E-state index in [0.29, 0.717) is 0 Å². The minimum absolute atomic E-state index is 0.318. The number of nitrogens with two attached hydrogens (primary N) is 1. The Morgan fingerprint density at radius 1 is 1.60 bits per heavy atom. The van der Waals surface area contributed by atoms with E-state index in [2.05, 4.69) is 15.7 Å². The highest BCUT2D eigenvalue weighted by Crippen LogP contribution is 2.11. The number of amides is 3. The number of primary amides is 1. The molecule has 0 unspecified atom stereocenters. The molecule has 82 valence electrons. The first-order valence-corrected chi connectivity index (χ1v) is 3.57. The van der Waals surface area contributed by atoms with Crippen molar-refractivity contribution in [1.82, 2.24) is 20.8 Å². The van der Waals surface area contributed by atoms with Crippen molar-refractivity contribution < 1.29 is 14.8 Å². The van der Waals surface area contributed by atoms with Crippen molar-refractivity contribution in [1.29, 1.82) is 0 Å². The largest absolute Gasteiger partial charge is 0.732 e. The fourth-order valence-electron chi connectivity index (χ4n) is 0.780. The molecule has 1 heterocycles. The summed E-state index contributed by atoms with van der Waals surface area (Å²) in [5, 5.41) is 18.4. The molecule has 0 spiro atoms. The van der Waals surface area contributed by atoms with E-state index in [1.165, 1.54) is 0 Å². The van der Waals surface area contributed by atoms with Crippen molar-refractivity contribution in [2.75, 3.05) is 5.23 Å². The molecule has 0 fully saturated rings. The summed E-state index contributed by atoms with van der Waals surface area (Å²) in [7, 11) is 0. The average Bonchev–Trinajstić information content (AvgIpc) is 2.62. The van der Waals surface area contributed by atoms with Crippen molar-refractivity contribution in [3.05, 3.63) is 17.2 Å². The standard InChI is InChI=1S/C5H7N6O4/c6-5(13)10-9-4(12)2-3(11(14)15)8-1-7-2/h1,14H,(H,7,8)(H,9,12)(H3,6,10,13)/q-1. The Morgan fingerprint density at radius 2 is 2.27 bits per heavy atom. The number of carbonyl (C=O) groups excluding carboxylic acids is 2. The molecule has 15 heavy (non-hydrogen) atoms. The van der Waals surface area contributed by atoms with Crippen molar-refractivity contribution in [2.24, 2.45) is 5.73 Å². The number of nitrogens with zero attached hydrogens (tertiary/aromatic N) is 2. The summed E-state index contributed by atoms with van der Waals surface area (Å²) in [4.78, 5) is 27.1. The summed E-state index contributed by atoms with van der Waals surface area (Å²) in [5.74, 6) is -1.41. The van der Waals surface area contributed by atoms with E-state index in [4.69, 9.17) is 5.21 Å². The maximum absolute atomic E-state index is 11.2. The lowest BCUT2D eigenvalue weighted by atomic mass is 10.4. The number of imidazole rings is 1. The van der Waals surface area contributed by atoms with E-state index in [0.717, 1.165) is 6.33 Å². The minimum Gasteiger partial charge on any atom is -0.732 e. The van der Waals surface area contributed by atoms with Crippen LogP contribution in [-0.2, 0) is 0 Å². The second kappa shape index (κ2) is 4.26. The molecule has 0 atom stereocenters. The van der Waals surface area contributed by atoms with Gasteiger partial charge in [-0.3, -0.25) is 15.4 Å². The topological polar surface area (TPSA) is 159 Å². The molecule has 0 bridgehead atoms. The summed E-state index contributed by atoms with van der Waals surface area (Å²) < 4.78 is 0. The number of carbonyl (C=O) groups is 2. The number of hydrazine groups is 1. The predicted molar refractivity (Wildman–Crippen MR) is 46.4 cm³/mol. The van der Waals surface area contributed by atoms with Gasteiger partial charge in [0.15, 0.2) is 11.5 Å². The van der Waals surface area contributed by atoms with Gasteiger partial charge < -0.3 is 21.2 Å². The van der Waals surface area contributed by atoms with Gasteiger partial charge >= 0.3 is 6.03 Å². The lowest BCUT2D eigenvalue weighted by Crippen LogP contribution is -2.44. The van der Waals surface area contributed by atoms with Gasteiger partial charge in [0.2, 0.25) is 0 Å². The molecular formula is C5H7N6O4-. The van der Waals surface area contributed by atoms with Crippen LogP contribution in [0.15, 0.2) is 6.33 Å². The fourth-order valence-corrected chi connectivity index (χ4v) is 0.780. The third kappa shape index (κ3) is 2.55. The van der Waals surface area contributed by atoms with Crippen LogP contribution in [0, 0.1) is 5.21 Å². The smallest absolute Gasteiger partial charge is 0.330 e. The fraction of sp³-hybridized carbons (Fsp3) is 0. The molecule has 0 aromatic carbocycles. The maximum atomic E-state index is 11.2. The van der Waals surface area contributed by atoms with Crippen molar-refractivity contribution >= 4 is 17.8 Å². The van der Waals surface area contributed by atoms with Crippen LogP contribution in [0.5, 0.6) is 0 Å². The van der Waals surface area contributed by atoms with Crippen LogP contribution in [0.1, 0.15) is 10.5 Å². The zero-order valence-corrected chi connectivity index (χ0v) is 7.22. The van der Waals surface area contributed by atoms with Crippen LogP contribution < -0.4 is 21.8 Å². The Labute approximate surface area is 82.6 Å². The monoisotopic (exact) mass is 215 g/mol. The lowest BCUT2D eigenvalue weighted by molar-refractivity contribution is 0.0932. The van der Waals surface area contributed by atoms with E-state index < -0.39 is 23.0 Å². The molecular weight excluding hydrogens is 208 g/mol. The average molecular weight is 215 g/mol. The van der Waals surface area contributed by atoms with E-state index in [1.807, 2.05) is 5.43 Å².